The first-order valence-electron chi connectivity index (χ1n) is 19.3. The van der Waals surface area contributed by atoms with Gasteiger partial charge in [0, 0.05) is 19.3 Å². The van der Waals surface area contributed by atoms with E-state index in [0.29, 0.717) is 19.3 Å². The largest absolute Gasteiger partial charge is 0.477 e. The molecule has 0 saturated heterocycles. The van der Waals surface area contributed by atoms with Gasteiger partial charge in [-0.05, 0) is 70.6 Å². The van der Waals surface area contributed by atoms with Crippen molar-refractivity contribution in [2.75, 3.05) is 41.0 Å². The van der Waals surface area contributed by atoms with Gasteiger partial charge in [0.2, 0.25) is 0 Å². The van der Waals surface area contributed by atoms with E-state index in [1.807, 2.05) is 21.1 Å². The molecular formula is C42H72NO7+. The minimum Gasteiger partial charge on any atom is -0.477 e. The van der Waals surface area contributed by atoms with E-state index in [-0.39, 0.29) is 36.2 Å². The molecule has 0 aliphatic heterocycles. The number of carbonyl (C=O) groups is 3. The van der Waals surface area contributed by atoms with Crippen molar-refractivity contribution in [1.82, 2.24) is 0 Å². The van der Waals surface area contributed by atoms with E-state index in [2.05, 4.69) is 74.6 Å². The third kappa shape index (κ3) is 31.0. The van der Waals surface area contributed by atoms with Gasteiger partial charge in [0.05, 0.1) is 34.4 Å². The lowest BCUT2D eigenvalue weighted by atomic mass is 10.1. The highest BCUT2D eigenvalue weighted by Crippen LogP contribution is 2.12. The molecule has 1 N–H and O–H groups in total. The minimum absolute atomic E-state index is 0.0434. The van der Waals surface area contributed by atoms with Crippen molar-refractivity contribution in [3.63, 3.8) is 0 Å². The van der Waals surface area contributed by atoms with Crippen molar-refractivity contribution in [3.05, 3.63) is 60.8 Å². The molecular weight excluding hydrogens is 630 g/mol. The normalized spacial score (nSPS) is 13.7. The predicted octanol–water partition coefficient (Wildman–Crippen LogP) is 9.85. The van der Waals surface area contributed by atoms with Crippen LogP contribution in [0, 0.1) is 0 Å². The molecule has 0 heterocycles. The Kier molecular flexibility index (Phi) is 31.2. The van der Waals surface area contributed by atoms with Crippen LogP contribution in [0.1, 0.15) is 136 Å². The monoisotopic (exact) mass is 703 g/mol. The second-order valence-electron chi connectivity index (χ2n) is 13.8. The van der Waals surface area contributed by atoms with Crippen LogP contribution in [0.2, 0.25) is 0 Å². The standard InChI is InChI=1S/C42H71NO7/c1-6-8-10-12-14-16-18-19-20-21-22-23-25-26-28-30-32-40(44)49-37-38(36-48-35-34-39(42(46)47)43(3,4)5)50-41(45)33-31-29-27-24-17-15-13-11-9-7-2/h8,10,13-16,19-20,22-23,38-39H,6-7,9,11-12,17-18,21,24-37H2,1-5H3/p+1/b10-8+,15-13+,16-14+,20-19+,23-22+. The molecule has 0 saturated carbocycles. The number of quaternary nitrogens is 1. The molecule has 286 valence electrons. The Morgan fingerprint density at radius 2 is 1.12 bits per heavy atom. The second kappa shape index (κ2) is 33.2. The Bertz CT molecular complexity index is 1010. The van der Waals surface area contributed by atoms with Crippen LogP contribution in [-0.4, -0.2) is 80.6 Å². The summed E-state index contributed by atoms with van der Waals surface area (Å²) in [6, 6.07) is -0.622. The van der Waals surface area contributed by atoms with E-state index in [0.717, 1.165) is 89.9 Å². The summed E-state index contributed by atoms with van der Waals surface area (Å²) in [6.07, 6.45) is 38.4. The van der Waals surface area contributed by atoms with Gasteiger partial charge in [-0.3, -0.25) is 9.59 Å². The summed E-state index contributed by atoms with van der Waals surface area (Å²) in [5.41, 5.74) is 0. The van der Waals surface area contributed by atoms with E-state index >= 15 is 0 Å². The fraction of sp³-hybridized carbons (Fsp3) is 0.690. The van der Waals surface area contributed by atoms with Crippen molar-refractivity contribution >= 4 is 17.9 Å². The number of allylic oxidation sites excluding steroid dienone is 10. The number of aliphatic carboxylic acids is 1. The molecule has 0 aromatic rings. The first-order chi connectivity index (χ1) is 24.1. The SMILES string of the molecule is CC/C=C/C/C=C/C/C=C/C/C=C/CCCCCC(=O)OCC(COCCC(C(=O)O)[N+](C)(C)C)OC(=O)CCCCCC/C=C/CCCC. The molecule has 0 aliphatic carbocycles. The van der Waals surface area contributed by atoms with E-state index in [1.165, 1.54) is 12.8 Å². The molecule has 2 unspecified atom stereocenters. The quantitative estimate of drug-likeness (QED) is 0.0315. The predicted molar refractivity (Wildman–Crippen MR) is 206 cm³/mol. The van der Waals surface area contributed by atoms with Crippen LogP contribution >= 0.6 is 0 Å². The molecule has 0 spiro atoms. The highest BCUT2D eigenvalue weighted by molar-refractivity contribution is 5.72. The molecule has 0 aliphatic rings. The average molecular weight is 703 g/mol. The summed E-state index contributed by atoms with van der Waals surface area (Å²) in [7, 11) is 5.49. The summed E-state index contributed by atoms with van der Waals surface area (Å²) in [5, 5.41) is 9.58. The van der Waals surface area contributed by atoms with Crippen LogP contribution < -0.4 is 0 Å². The fourth-order valence-corrected chi connectivity index (χ4v) is 5.12. The summed E-state index contributed by atoms with van der Waals surface area (Å²) in [6.45, 7) is 4.50. The molecule has 0 rings (SSSR count). The van der Waals surface area contributed by atoms with Gasteiger partial charge in [0.1, 0.15) is 6.61 Å². The van der Waals surface area contributed by atoms with Crippen LogP contribution in [0.3, 0.4) is 0 Å². The zero-order valence-electron chi connectivity index (χ0n) is 32.3. The second-order valence-corrected chi connectivity index (χ2v) is 13.8. The molecule has 2 atom stereocenters. The Labute approximate surface area is 305 Å². The average Bonchev–Trinajstić information content (AvgIpc) is 3.06. The number of nitrogens with zero attached hydrogens (tertiary/aromatic N) is 1. The number of unbranched alkanes of at least 4 members (excludes halogenated alkanes) is 9. The van der Waals surface area contributed by atoms with E-state index < -0.39 is 18.1 Å². The van der Waals surface area contributed by atoms with Crippen LogP contribution in [0.5, 0.6) is 0 Å². The van der Waals surface area contributed by atoms with Gasteiger partial charge < -0.3 is 23.8 Å². The number of esters is 2. The molecule has 0 amide bonds. The van der Waals surface area contributed by atoms with Gasteiger partial charge >= 0.3 is 17.9 Å². The summed E-state index contributed by atoms with van der Waals surface area (Å²) >= 11 is 0. The van der Waals surface area contributed by atoms with Crippen molar-refractivity contribution in [2.24, 2.45) is 0 Å². The summed E-state index contributed by atoms with van der Waals surface area (Å²) in [4.78, 5) is 36.7. The van der Waals surface area contributed by atoms with Crippen molar-refractivity contribution < 1.29 is 38.2 Å². The molecule has 50 heavy (non-hydrogen) atoms. The van der Waals surface area contributed by atoms with Crippen LogP contribution in [0.25, 0.3) is 0 Å². The number of carbonyl (C=O) groups excluding carboxylic acids is 2. The number of hydrogen-bond donors (Lipinski definition) is 1. The molecule has 0 radical (unpaired) electrons. The zero-order valence-corrected chi connectivity index (χ0v) is 32.3. The van der Waals surface area contributed by atoms with Crippen molar-refractivity contribution in [3.8, 4) is 0 Å². The Morgan fingerprint density at radius 3 is 1.68 bits per heavy atom. The number of carboxylic acids is 1. The maximum Gasteiger partial charge on any atom is 0.362 e. The Hall–Kier alpha value is -2.97. The third-order valence-corrected chi connectivity index (χ3v) is 8.15. The highest BCUT2D eigenvalue weighted by Gasteiger charge is 2.31. The Balaban J connectivity index is 4.47. The lowest BCUT2D eigenvalue weighted by molar-refractivity contribution is -0.887. The highest BCUT2D eigenvalue weighted by atomic mass is 16.6. The first-order valence-corrected chi connectivity index (χ1v) is 19.3. The van der Waals surface area contributed by atoms with Crippen LogP contribution in [0.15, 0.2) is 60.8 Å². The van der Waals surface area contributed by atoms with E-state index in [1.54, 1.807) is 0 Å². The lowest BCUT2D eigenvalue weighted by Crippen LogP contribution is -2.50. The van der Waals surface area contributed by atoms with Gasteiger partial charge in [0.15, 0.2) is 12.1 Å². The smallest absolute Gasteiger partial charge is 0.362 e. The summed E-state index contributed by atoms with van der Waals surface area (Å²) in [5.74, 6) is -1.54. The molecule has 0 aromatic carbocycles. The molecule has 0 aromatic heterocycles. The number of carboxylic acid groups (broad SMARTS) is 1. The maximum atomic E-state index is 12.6. The third-order valence-electron chi connectivity index (χ3n) is 8.15. The molecule has 8 nitrogen and oxygen atoms in total. The van der Waals surface area contributed by atoms with Gasteiger partial charge in [-0.15, -0.1) is 0 Å². The van der Waals surface area contributed by atoms with Crippen LogP contribution in [-0.2, 0) is 28.6 Å². The van der Waals surface area contributed by atoms with E-state index in [4.69, 9.17) is 14.2 Å². The van der Waals surface area contributed by atoms with Crippen LogP contribution in [0.4, 0.5) is 0 Å². The zero-order chi connectivity index (χ0) is 37.1. The number of rotatable bonds is 33. The lowest BCUT2D eigenvalue weighted by Gasteiger charge is -2.31. The maximum absolute atomic E-state index is 12.6. The fourth-order valence-electron chi connectivity index (χ4n) is 5.12. The number of likely N-dealkylation sites (N-methyl/N-ethyl adjacent to an activating group) is 1. The number of ether oxygens (including phenoxy) is 3. The van der Waals surface area contributed by atoms with Gasteiger partial charge in [0.25, 0.3) is 0 Å². The molecule has 8 heteroatoms. The van der Waals surface area contributed by atoms with Gasteiger partial charge in [-0.1, -0.05) is 107 Å². The van der Waals surface area contributed by atoms with Gasteiger partial charge in [-0.25, -0.2) is 4.79 Å². The Morgan fingerprint density at radius 1 is 0.620 bits per heavy atom. The topological polar surface area (TPSA) is 99.1 Å². The molecule has 0 bridgehead atoms. The summed E-state index contributed by atoms with van der Waals surface area (Å²) < 4.78 is 17.1. The van der Waals surface area contributed by atoms with Crippen molar-refractivity contribution in [1.29, 1.82) is 0 Å². The molecule has 0 fully saturated rings. The van der Waals surface area contributed by atoms with E-state index in [9.17, 15) is 19.5 Å². The van der Waals surface area contributed by atoms with Gasteiger partial charge in [-0.2, -0.15) is 0 Å². The van der Waals surface area contributed by atoms with Crippen molar-refractivity contribution in [2.45, 2.75) is 148 Å². The first kappa shape index (κ1) is 47.0. The number of hydrogen-bond acceptors (Lipinski definition) is 6. The minimum atomic E-state index is -0.885.